The first kappa shape index (κ1) is 8.02. The molecule has 0 aliphatic heterocycles. The summed E-state index contributed by atoms with van der Waals surface area (Å²) in [4.78, 5) is 9.62. The molecule has 0 amide bonds. The van der Waals surface area contributed by atoms with Crippen LogP contribution in [0.25, 0.3) is 0 Å². The maximum atomic E-state index is 9.62. The lowest BCUT2D eigenvalue weighted by Gasteiger charge is -1.97. The van der Waals surface area contributed by atoms with E-state index in [1.165, 1.54) is 11.8 Å². The minimum atomic E-state index is 0.704. The number of hydrogen-bond donors (Lipinski definition) is 0. The molecule has 1 nitrogen and oxygen atoms in total. The molecule has 0 aliphatic carbocycles. The van der Waals surface area contributed by atoms with Crippen molar-refractivity contribution in [2.45, 2.75) is 20.3 Å². The Morgan fingerprint density at radius 3 is 2.62 bits per heavy atom. The van der Waals surface area contributed by atoms with Crippen LogP contribution in [0.5, 0.6) is 0 Å². The molecule has 2 heteroatoms. The van der Waals surface area contributed by atoms with Gasteiger partial charge in [-0.05, 0) is 12.3 Å². The highest BCUT2D eigenvalue weighted by molar-refractivity contribution is 8.11. The standard InChI is InChI=1S/C6H11OS/c1-6(2)3-4-8-5-7/h6H,3-4H2,1-2H3. The summed E-state index contributed by atoms with van der Waals surface area (Å²) in [7, 11) is 0. The van der Waals surface area contributed by atoms with Gasteiger partial charge in [-0.15, -0.1) is 0 Å². The summed E-state index contributed by atoms with van der Waals surface area (Å²) in [6.07, 6.45) is 1.11. The third-order valence-corrected chi connectivity index (χ3v) is 1.41. The summed E-state index contributed by atoms with van der Waals surface area (Å²) >= 11 is 1.23. The SMILES string of the molecule is CC(C)CCS[C]=O. The Morgan fingerprint density at radius 2 is 2.25 bits per heavy atom. The van der Waals surface area contributed by atoms with Crippen LogP contribution in [-0.4, -0.2) is 11.4 Å². The molecular weight excluding hydrogens is 120 g/mol. The van der Waals surface area contributed by atoms with Crippen molar-refractivity contribution in [2.75, 3.05) is 5.75 Å². The predicted octanol–water partition coefficient (Wildman–Crippen LogP) is 1.83. The van der Waals surface area contributed by atoms with E-state index in [9.17, 15) is 4.79 Å². The molecular formula is C6H11OS. The summed E-state index contributed by atoms with van der Waals surface area (Å²) in [6, 6.07) is 0. The normalized spacial score (nSPS) is 9.88. The number of carbonyl (C=O) groups excluding carboxylic acids is 1. The van der Waals surface area contributed by atoms with Crippen molar-refractivity contribution in [1.82, 2.24) is 0 Å². The van der Waals surface area contributed by atoms with Gasteiger partial charge in [0.25, 0.3) is 5.62 Å². The van der Waals surface area contributed by atoms with Crippen molar-refractivity contribution in [3.63, 3.8) is 0 Å². The van der Waals surface area contributed by atoms with Gasteiger partial charge in [-0.3, -0.25) is 4.79 Å². The van der Waals surface area contributed by atoms with Crippen molar-refractivity contribution in [2.24, 2.45) is 5.92 Å². The summed E-state index contributed by atoms with van der Waals surface area (Å²) < 4.78 is 0. The van der Waals surface area contributed by atoms with E-state index >= 15 is 0 Å². The van der Waals surface area contributed by atoms with Gasteiger partial charge < -0.3 is 0 Å². The van der Waals surface area contributed by atoms with Crippen LogP contribution in [-0.2, 0) is 4.79 Å². The highest BCUT2D eigenvalue weighted by atomic mass is 32.2. The molecule has 0 aromatic rings. The summed E-state index contributed by atoms with van der Waals surface area (Å²) in [5.41, 5.74) is 1.79. The first-order valence-electron chi connectivity index (χ1n) is 2.76. The maximum Gasteiger partial charge on any atom is 0.266 e. The zero-order valence-electron chi connectivity index (χ0n) is 5.31. The zero-order valence-corrected chi connectivity index (χ0v) is 6.12. The molecule has 0 saturated carbocycles. The molecule has 0 aliphatic rings. The summed E-state index contributed by atoms with van der Waals surface area (Å²) in [6.45, 7) is 4.29. The van der Waals surface area contributed by atoms with Crippen molar-refractivity contribution in [3.8, 4) is 0 Å². The minimum Gasteiger partial charge on any atom is -0.277 e. The molecule has 0 aromatic heterocycles. The van der Waals surface area contributed by atoms with E-state index in [0.29, 0.717) is 5.92 Å². The van der Waals surface area contributed by atoms with E-state index in [1.807, 2.05) is 0 Å². The third kappa shape index (κ3) is 6.02. The van der Waals surface area contributed by atoms with Crippen LogP contribution in [0.4, 0.5) is 0 Å². The molecule has 0 N–H and O–H groups in total. The number of rotatable bonds is 4. The van der Waals surface area contributed by atoms with Crippen LogP contribution in [0.3, 0.4) is 0 Å². The van der Waals surface area contributed by atoms with Crippen LogP contribution in [0.15, 0.2) is 0 Å². The molecule has 47 valence electrons. The van der Waals surface area contributed by atoms with E-state index in [-0.39, 0.29) is 0 Å². The third-order valence-electron chi connectivity index (χ3n) is 0.856. The highest BCUT2D eigenvalue weighted by Crippen LogP contribution is 2.04. The Hall–Kier alpha value is 0.0200. The van der Waals surface area contributed by atoms with E-state index in [4.69, 9.17) is 0 Å². The van der Waals surface area contributed by atoms with Gasteiger partial charge in [0.15, 0.2) is 0 Å². The van der Waals surface area contributed by atoms with E-state index in [0.717, 1.165) is 12.2 Å². The average molecular weight is 131 g/mol. The van der Waals surface area contributed by atoms with Crippen LogP contribution in [0, 0.1) is 5.92 Å². The fourth-order valence-corrected chi connectivity index (χ4v) is 1.01. The van der Waals surface area contributed by atoms with Crippen molar-refractivity contribution >= 4 is 17.4 Å². The smallest absolute Gasteiger partial charge is 0.266 e. The van der Waals surface area contributed by atoms with Crippen molar-refractivity contribution in [3.05, 3.63) is 0 Å². The fraction of sp³-hybridized carbons (Fsp3) is 0.833. The fourth-order valence-electron chi connectivity index (χ4n) is 0.336. The first-order valence-corrected chi connectivity index (χ1v) is 3.75. The van der Waals surface area contributed by atoms with Gasteiger partial charge in [0.2, 0.25) is 0 Å². The molecule has 0 rings (SSSR count). The van der Waals surface area contributed by atoms with E-state index in [1.54, 1.807) is 5.62 Å². The molecule has 0 unspecified atom stereocenters. The van der Waals surface area contributed by atoms with Gasteiger partial charge in [-0.2, -0.15) is 0 Å². The predicted molar refractivity (Wildman–Crippen MR) is 37.6 cm³/mol. The molecule has 0 heterocycles. The molecule has 0 bridgehead atoms. The van der Waals surface area contributed by atoms with Crippen LogP contribution >= 0.6 is 11.8 Å². The molecule has 0 spiro atoms. The molecule has 1 radical (unpaired) electrons. The van der Waals surface area contributed by atoms with Gasteiger partial charge in [0.05, 0.1) is 0 Å². The molecule has 0 fully saturated rings. The van der Waals surface area contributed by atoms with Gasteiger partial charge in [-0.1, -0.05) is 25.6 Å². The zero-order chi connectivity index (χ0) is 6.41. The van der Waals surface area contributed by atoms with Crippen molar-refractivity contribution < 1.29 is 4.79 Å². The quantitative estimate of drug-likeness (QED) is 0.541. The Labute approximate surface area is 54.8 Å². The molecule has 0 atom stereocenters. The number of thioether (sulfide) groups is 1. The van der Waals surface area contributed by atoms with E-state index in [2.05, 4.69) is 13.8 Å². The molecule has 0 saturated heterocycles. The Kier molecular flexibility index (Phi) is 5.18. The summed E-state index contributed by atoms with van der Waals surface area (Å²) in [5, 5.41) is 0. The maximum absolute atomic E-state index is 9.62. The van der Waals surface area contributed by atoms with Gasteiger partial charge in [0, 0.05) is 5.75 Å². The van der Waals surface area contributed by atoms with Gasteiger partial charge in [-0.25, -0.2) is 0 Å². The van der Waals surface area contributed by atoms with Gasteiger partial charge in [0.1, 0.15) is 0 Å². The lowest BCUT2D eigenvalue weighted by Crippen LogP contribution is -1.88. The average Bonchev–Trinajstić information content (AvgIpc) is 1.66. The second kappa shape index (κ2) is 5.16. The van der Waals surface area contributed by atoms with Gasteiger partial charge >= 0.3 is 0 Å². The molecule has 8 heavy (non-hydrogen) atoms. The monoisotopic (exact) mass is 131 g/mol. The Bertz CT molecular complexity index is 61.5. The lowest BCUT2D eigenvalue weighted by atomic mass is 10.2. The van der Waals surface area contributed by atoms with Crippen LogP contribution in [0.2, 0.25) is 0 Å². The Balaban J connectivity index is 2.81. The highest BCUT2D eigenvalue weighted by Gasteiger charge is 1.91. The topological polar surface area (TPSA) is 17.1 Å². The van der Waals surface area contributed by atoms with Crippen LogP contribution < -0.4 is 0 Å². The largest absolute Gasteiger partial charge is 0.277 e. The second-order valence-corrected chi connectivity index (χ2v) is 2.98. The minimum absolute atomic E-state index is 0.704. The van der Waals surface area contributed by atoms with Crippen LogP contribution in [0.1, 0.15) is 20.3 Å². The summed E-state index contributed by atoms with van der Waals surface area (Å²) in [5.74, 6) is 1.62. The number of hydrogen-bond acceptors (Lipinski definition) is 2. The van der Waals surface area contributed by atoms with E-state index < -0.39 is 0 Å². The lowest BCUT2D eigenvalue weighted by molar-refractivity contribution is 0.569. The van der Waals surface area contributed by atoms with Crippen molar-refractivity contribution in [1.29, 1.82) is 0 Å². The second-order valence-electron chi connectivity index (χ2n) is 2.11. The first-order chi connectivity index (χ1) is 3.77. The molecule has 0 aromatic carbocycles. The Morgan fingerprint density at radius 1 is 1.62 bits per heavy atom.